The fourth-order valence-corrected chi connectivity index (χ4v) is 2.29. The first-order valence-corrected chi connectivity index (χ1v) is 6.18. The van der Waals surface area contributed by atoms with Gasteiger partial charge in [0.2, 0.25) is 0 Å². The normalized spacial score (nSPS) is 10.4. The van der Waals surface area contributed by atoms with Gasteiger partial charge in [0.25, 0.3) is 0 Å². The number of benzene rings is 2. The molecule has 2 nitrogen and oxygen atoms in total. The maximum Gasteiger partial charge on any atom is 0.125 e. The monoisotopic (exact) mass is 261 g/mol. The van der Waals surface area contributed by atoms with Crippen molar-refractivity contribution in [1.82, 2.24) is 0 Å². The largest absolute Gasteiger partial charge is 0.488 e. The van der Waals surface area contributed by atoms with Gasteiger partial charge in [0, 0.05) is 10.7 Å². The van der Waals surface area contributed by atoms with Crippen LogP contribution in [-0.2, 0) is 6.61 Å². The highest BCUT2D eigenvalue weighted by atomic mass is 35.5. The first-order valence-electron chi connectivity index (χ1n) is 5.80. The lowest BCUT2D eigenvalue weighted by Gasteiger charge is -2.13. The Hall–Kier alpha value is -1.67. The molecule has 0 atom stereocenters. The first-order chi connectivity index (χ1) is 8.56. The van der Waals surface area contributed by atoms with E-state index in [0.717, 1.165) is 33.1 Å². The van der Waals surface area contributed by atoms with E-state index >= 15 is 0 Å². The second-order valence-electron chi connectivity index (χ2n) is 4.40. The molecule has 2 rings (SSSR count). The minimum Gasteiger partial charge on any atom is -0.488 e. The zero-order chi connectivity index (χ0) is 13.1. The molecular formula is C15H16ClNO. The number of hydrogen-bond donors (Lipinski definition) is 1. The van der Waals surface area contributed by atoms with Crippen LogP contribution in [0.1, 0.15) is 16.7 Å². The number of nitrogens with two attached hydrogens (primary N) is 1. The molecule has 0 unspecified atom stereocenters. The van der Waals surface area contributed by atoms with E-state index in [2.05, 4.69) is 0 Å². The maximum absolute atomic E-state index is 5.99. The molecule has 0 amide bonds. The SMILES string of the molecule is Cc1cc(Cl)cc(C)c1OCc1cccc(N)c1. The smallest absolute Gasteiger partial charge is 0.125 e. The van der Waals surface area contributed by atoms with Gasteiger partial charge in [0.15, 0.2) is 0 Å². The molecular weight excluding hydrogens is 246 g/mol. The summed E-state index contributed by atoms with van der Waals surface area (Å²) in [5, 5.41) is 0.737. The molecule has 2 N–H and O–H groups in total. The minimum absolute atomic E-state index is 0.508. The Bertz CT molecular complexity index is 543. The molecule has 94 valence electrons. The fraction of sp³-hybridized carbons (Fsp3) is 0.200. The highest BCUT2D eigenvalue weighted by Crippen LogP contribution is 2.27. The zero-order valence-corrected chi connectivity index (χ0v) is 11.3. The summed E-state index contributed by atoms with van der Waals surface area (Å²) in [6, 6.07) is 11.5. The van der Waals surface area contributed by atoms with Gasteiger partial charge < -0.3 is 10.5 Å². The lowest BCUT2D eigenvalue weighted by molar-refractivity contribution is 0.302. The Morgan fingerprint density at radius 1 is 1.11 bits per heavy atom. The van der Waals surface area contributed by atoms with Crippen molar-refractivity contribution in [1.29, 1.82) is 0 Å². The number of halogens is 1. The molecule has 0 radical (unpaired) electrons. The molecule has 0 aliphatic heterocycles. The minimum atomic E-state index is 0.508. The van der Waals surface area contributed by atoms with Gasteiger partial charge >= 0.3 is 0 Å². The van der Waals surface area contributed by atoms with Gasteiger partial charge in [-0.05, 0) is 54.8 Å². The maximum atomic E-state index is 5.99. The van der Waals surface area contributed by atoms with E-state index in [9.17, 15) is 0 Å². The molecule has 0 bridgehead atoms. The van der Waals surface area contributed by atoms with Crippen LogP contribution in [0.2, 0.25) is 5.02 Å². The topological polar surface area (TPSA) is 35.2 Å². The highest BCUT2D eigenvalue weighted by molar-refractivity contribution is 6.30. The van der Waals surface area contributed by atoms with Crippen LogP contribution < -0.4 is 10.5 Å². The number of hydrogen-bond acceptors (Lipinski definition) is 2. The van der Waals surface area contributed by atoms with Crippen molar-refractivity contribution in [3.05, 3.63) is 58.1 Å². The molecule has 0 saturated carbocycles. The predicted molar refractivity (Wildman–Crippen MR) is 76.1 cm³/mol. The second-order valence-corrected chi connectivity index (χ2v) is 4.84. The predicted octanol–water partition coefficient (Wildman–Crippen LogP) is 4.12. The summed E-state index contributed by atoms with van der Waals surface area (Å²) in [5.41, 5.74) is 9.63. The summed E-state index contributed by atoms with van der Waals surface area (Å²) < 4.78 is 5.85. The van der Waals surface area contributed by atoms with Crippen molar-refractivity contribution in [2.24, 2.45) is 0 Å². The molecule has 0 aromatic heterocycles. The molecule has 0 heterocycles. The summed E-state index contributed by atoms with van der Waals surface area (Å²) in [5.74, 6) is 0.891. The van der Waals surface area contributed by atoms with E-state index in [4.69, 9.17) is 22.1 Å². The van der Waals surface area contributed by atoms with Crippen molar-refractivity contribution in [2.45, 2.75) is 20.5 Å². The van der Waals surface area contributed by atoms with Crippen molar-refractivity contribution >= 4 is 17.3 Å². The zero-order valence-electron chi connectivity index (χ0n) is 10.5. The van der Waals surface area contributed by atoms with Crippen LogP contribution in [0.5, 0.6) is 5.75 Å². The van der Waals surface area contributed by atoms with Crippen LogP contribution in [0.3, 0.4) is 0 Å². The summed E-state index contributed by atoms with van der Waals surface area (Å²) in [4.78, 5) is 0. The molecule has 3 heteroatoms. The van der Waals surface area contributed by atoms with Crippen LogP contribution in [0, 0.1) is 13.8 Å². The van der Waals surface area contributed by atoms with Crippen molar-refractivity contribution in [3.63, 3.8) is 0 Å². The number of ether oxygens (including phenoxy) is 1. The summed E-state index contributed by atoms with van der Waals surface area (Å²) >= 11 is 5.99. The molecule has 0 spiro atoms. The van der Waals surface area contributed by atoms with E-state index in [0.29, 0.717) is 6.61 Å². The van der Waals surface area contributed by atoms with Gasteiger partial charge in [-0.25, -0.2) is 0 Å². The van der Waals surface area contributed by atoms with E-state index in [1.807, 2.05) is 50.2 Å². The van der Waals surface area contributed by atoms with E-state index in [1.54, 1.807) is 0 Å². The quantitative estimate of drug-likeness (QED) is 0.844. The van der Waals surface area contributed by atoms with Gasteiger partial charge in [0.1, 0.15) is 12.4 Å². The molecule has 18 heavy (non-hydrogen) atoms. The van der Waals surface area contributed by atoms with Gasteiger partial charge in [-0.2, -0.15) is 0 Å². The van der Waals surface area contributed by atoms with Crippen LogP contribution in [-0.4, -0.2) is 0 Å². The lowest BCUT2D eigenvalue weighted by atomic mass is 10.1. The van der Waals surface area contributed by atoms with Crippen LogP contribution in [0.25, 0.3) is 0 Å². The molecule has 2 aromatic carbocycles. The molecule has 2 aromatic rings. The van der Waals surface area contributed by atoms with Crippen molar-refractivity contribution in [3.8, 4) is 5.75 Å². The third-order valence-electron chi connectivity index (χ3n) is 2.76. The van der Waals surface area contributed by atoms with Gasteiger partial charge in [-0.3, -0.25) is 0 Å². The van der Waals surface area contributed by atoms with Crippen LogP contribution in [0.15, 0.2) is 36.4 Å². The van der Waals surface area contributed by atoms with Gasteiger partial charge in [-0.1, -0.05) is 23.7 Å². The second kappa shape index (κ2) is 5.32. The van der Waals surface area contributed by atoms with E-state index in [1.165, 1.54) is 0 Å². The Balaban J connectivity index is 2.16. The van der Waals surface area contributed by atoms with Crippen LogP contribution in [0.4, 0.5) is 5.69 Å². The van der Waals surface area contributed by atoms with E-state index in [-0.39, 0.29) is 0 Å². The third kappa shape index (κ3) is 2.96. The summed E-state index contributed by atoms with van der Waals surface area (Å²) in [6.45, 7) is 4.50. The Kier molecular flexibility index (Phi) is 3.78. The molecule has 0 aliphatic carbocycles. The number of aryl methyl sites for hydroxylation is 2. The number of anilines is 1. The highest BCUT2D eigenvalue weighted by Gasteiger charge is 2.06. The molecule has 0 saturated heterocycles. The average molecular weight is 262 g/mol. The Morgan fingerprint density at radius 3 is 2.39 bits per heavy atom. The average Bonchev–Trinajstić information content (AvgIpc) is 2.27. The standard InChI is InChI=1S/C15H16ClNO/c1-10-6-13(16)7-11(2)15(10)18-9-12-4-3-5-14(17)8-12/h3-8H,9,17H2,1-2H3. The summed E-state index contributed by atoms with van der Waals surface area (Å²) in [6.07, 6.45) is 0. The third-order valence-corrected chi connectivity index (χ3v) is 2.98. The first kappa shape index (κ1) is 12.8. The van der Waals surface area contributed by atoms with E-state index < -0.39 is 0 Å². The van der Waals surface area contributed by atoms with Crippen molar-refractivity contribution in [2.75, 3.05) is 5.73 Å². The Morgan fingerprint density at radius 2 is 1.78 bits per heavy atom. The fourth-order valence-electron chi connectivity index (χ4n) is 1.96. The Labute approximate surface area is 112 Å². The molecule has 0 fully saturated rings. The summed E-state index contributed by atoms with van der Waals surface area (Å²) in [7, 11) is 0. The number of rotatable bonds is 3. The van der Waals surface area contributed by atoms with Crippen molar-refractivity contribution < 1.29 is 4.74 Å². The van der Waals surface area contributed by atoms with Gasteiger partial charge in [0.05, 0.1) is 0 Å². The lowest BCUT2D eigenvalue weighted by Crippen LogP contribution is -1.99. The van der Waals surface area contributed by atoms with Crippen LogP contribution >= 0.6 is 11.6 Å². The number of nitrogen functional groups attached to an aromatic ring is 1. The molecule has 0 aliphatic rings. The van der Waals surface area contributed by atoms with Gasteiger partial charge in [-0.15, -0.1) is 0 Å².